The molecule has 1 saturated heterocycles. The van der Waals surface area contributed by atoms with Crippen molar-refractivity contribution >= 4 is 17.0 Å². The smallest absolute Gasteiger partial charge is 0.0990 e. The highest BCUT2D eigenvalue weighted by atomic mass is 79.9. The summed E-state index contributed by atoms with van der Waals surface area (Å²) in [5.74, 6) is 0. The van der Waals surface area contributed by atoms with Crippen molar-refractivity contribution in [1.29, 1.82) is 0 Å². The van der Waals surface area contributed by atoms with E-state index in [2.05, 4.69) is 5.32 Å². The minimum Gasteiger partial charge on any atom is -0.395 e. The van der Waals surface area contributed by atoms with Gasteiger partial charge in [0.25, 0.3) is 0 Å². The van der Waals surface area contributed by atoms with E-state index in [1.807, 2.05) is 0 Å². The molecule has 0 aromatic heterocycles. The molecule has 0 spiro atoms. The van der Waals surface area contributed by atoms with E-state index in [1.165, 1.54) is 0 Å². The maximum atomic E-state index is 9.18. The van der Waals surface area contributed by atoms with E-state index in [0.717, 1.165) is 0 Å². The van der Waals surface area contributed by atoms with Crippen LogP contribution >= 0.6 is 17.0 Å². The Kier molecular flexibility index (Phi) is 5.22. The number of halogens is 1. The molecule has 0 aromatic rings. The molecule has 1 rings (SSSR count). The third-order valence-electron chi connectivity index (χ3n) is 2.00. The fourth-order valence-corrected chi connectivity index (χ4v) is 1.27. The average Bonchev–Trinajstić information content (AvgIpc) is 2.30. The fraction of sp³-hybridized carbons (Fsp3) is 1.00. The van der Waals surface area contributed by atoms with Crippen LogP contribution in [-0.2, 0) is 0 Å². The van der Waals surface area contributed by atoms with Crippen LogP contribution in [0.25, 0.3) is 0 Å². The zero-order valence-corrected chi connectivity index (χ0v) is 8.13. The van der Waals surface area contributed by atoms with Crippen LogP contribution in [0.3, 0.4) is 0 Å². The molecule has 0 saturated carbocycles. The minimum absolute atomic E-state index is 0. The van der Waals surface area contributed by atoms with E-state index in [-0.39, 0.29) is 30.2 Å². The van der Waals surface area contributed by atoms with Crippen LogP contribution in [0.4, 0.5) is 0 Å². The number of aliphatic hydroxyl groups is 4. The Labute approximate surface area is 80.8 Å². The fourth-order valence-electron chi connectivity index (χ4n) is 1.27. The van der Waals surface area contributed by atoms with Gasteiger partial charge in [0, 0.05) is 0 Å². The molecular weight excluding hydrogens is 230 g/mol. The van der Waals surface area contributed by atoms with E-state index in [0.29, 0.717) is 0 Å². The Morgan fingerprint density at radius 2 is 1.25 bits per heavy atom. The third-order valence-corrected chi connectivity index (χ3v) is 2.00. The van der Waals surface area contributed by atoms with E-state index in [4.69, 9.17) is 10.2 Å². The Bertz CT molecular complexity index is 119. The van der Waals surface area contributed by atoms with Gasteiger partial charge in [0.2, 0.25) is 0 Å². The summed E-state index contributed by atoms with van der Waals surface area (Å²) in [7, 11) is 0. The molecule has 74 valence electrons. The first-order valence-electron chi connectivity index (χ1n) is 3.54. The number of hydrogen-bond acceptors (Lipinski definition) is 5. The molecule has 1 heterocycles. The second-order valence-electron chi connectivity index (χ2n) is 2.73. The molecule has 0 aromatic carbocycles. The summed E-state index contributed by atoms with van der Waals surface area (Å²) in [5.41, 5.74) is 0. The standard InChI is InChI=1S/C6H13NO4.BrH/c8-1-3-5(10)6(11)4(2-9)7-3;/h3-11H,1-2H2;1H/t3-,4-,5-,6-;/m0./s1. The number of aliphatic hydroxyl groups excluding tert-OH is 4. The van der Waals surface area contributed by atoms with Crippen LogP contribution < -0.4 is 5.32 Å². The lowest BCUT2D eigenvalue weighted by Gasteiger charge is -2.12. The Balaban J connectivity index is 0.00000121. The SMILES string of the molecule is Br.OC[C@@H]1N[C@@H](CO)[C@H](O)[C@H]1O. The molecule has 0 unspecified atom stereocenters. The molecule has 1 fully saturated rings. The van der Waals surface area contributed by atoms with Gasteiger partial charge in [0.1, 0.15) is 0 Å². The Morgan fingerprint density at radius 1 is 0.917 bits per heavy atom. The first-order valence-corrected chi connectivity index (χ1v) is 3.54. The zero-order chi connectivity index (χ0) is 8.43. The molecule has 6 heteroatoms. The lowest BCUT2D eigenvalue weighted by atomic mass is 10.1. The number of hydrogen-bond donors (Lipinski definition) is 5. The lowest BCUT2D eigenvalue weighted by Crippen LogP contribution is -2.37. The predicted molar refractivity (Wildman–Crippen MR) is 47.2 cm³/mol. The molecule has 5 nitrogen and oxygen atoms in total. The molecule has 0 aliphatic carbocycles. The summed E-state index contributed by atoms with van der Waals surface area (Å²) in [5, 5.41) is 38.3. The van der Waals surface area contributed by atoms with E-state index >= 15 is 0 Å². The molecule has 1 aliphatic heterocycles. The maximum Gasteiger partial charge on any atom is 0.0990 e. The monoisotopic (exact) mass is 243 g/mol. The van der Waals surface area contributed by atoms with Crippen molar-refractivity contribution in [3.8, 4) is 0 Å². The van der Waals surface area contributed by atoms with Gasteiger partial charge in [-0.05, 0) is 0 Å². The van der Waals surface area contributed by atoms with E-state index in [9.17, 15) is 10.2 Å². The minimum atomic E-state index is -0.989. The Morgan fingerprint density at radius 3 is 1.42 bits per heavy atom. The largest absolute Gasteiger partial charge is 0.395 e. The highest BCUT2D eigenvalue weighted by Crippen LogP contribution is 2.13. The molecular formula is C6H14BrNO4. The van der Waals surface area contributed by atoms with Crippen LogP contribution in [0.2, 0.25) is 0 Å². The van der Waals surface area contributed by atoms with Gasteiger partial charge < -0.3 is 25.7 Å². The first kappa shape index (κ1) is 12.3. The average molecular weight is 244 g/mol. The van der Waals surface area contributed by atoms with Gasteiger partial charge in [-0.15, -0.1) is 17.0 Å². The summed E-state index contributed by atoms with van der Waals surface area (Å²) in [6, 6.07) is -1.05. The van der Waals surface area contributed by atoms with Crippen molar-refractivity contribution in [1.82, 2.24) is 5.32 Å². The van der Waals surface area contributed by atoms with Gasteiger partial charge in [-0.2, -0.15) is 0 Å². The molecule has 1 aliphatic rings. The molecule has 0 amide bonds. The molecule has 4 atom stereocenters. The van der Waals surface area contributed by atoms with Gasteiger partial charge in [-0.1, -0.05) is 0 Å². The van der Waals surface area contributed by atoms with E-state index < -0.39 is 24.3 Å². The van der Waals surface area contributed by atoms with Crippen molar-refractivity contribution in [3.05, 3.63) is 0 Å². The van der Waals surface area contributed by atoms with Gasteiger partial charge >= 0.3 is 0 Å². The lowest BCUT2D eigenvalue weighted by molar-refractivity contribution is 0.0130. The highest BCUT2D eigenvalue weighted by Gasteiger charge is 2.39. The summed E-state index contributed by atoms with van der Waals surface area (Å²) in [6.07, 6.45) is -1.98. The zero-order valence-electron chi connectivity index (χ0n) is 6.42. The van der Waals surface area contributed by atoms with Crippen molar-refractivity contribution in [2.75, 3.05) is 13.2 Å². The first-order chi connectivity index (χ1) is 5.20. The molecule has 0 radical (unpaired) electrons. The van der Waals surface area contributed by atoms with Crippen LogP contribution in [0.1, 0.15) is 0 Å². The molecule has 5 N–H and O–H groups in total. The van der Waals surface area contributed by atoms with Crippen LogP contribution in [-0.4, -0.2) is 57.9 Å². The highest BCUT2D eigenvalue weighted by molar-refractivity contribution is 8.93. The van der Waals surface area contributed by atoms with E-state index in [1.54, 1.807) is 0 Å². The summed E-state index contributed by atoms with van der Waals surface area (Å²) >= 11 is 0. The van der Waals surface area contributed by atoms with Crippen LogP contribution in [0.15, 0.2) is 0 Å². The molecule has 0 bridgehead atoms. The van der Waals surface area contributed by atoms with Gasteiger partial charge in [-0.3, -0.25) is 0 Å². The van der Waals surface area contributed by atoms with Gasteiger partial charge in [0.05, 0.1) is 37.5 Å². The predicted octanol–water partition coefficient (Wildman–Crippen LogP) is -2.39. The van der Waals surface area contributed by atoms with Crippen LogP contribution in [0.5, 0.6) is 0 Å². The third kappa shape index (κ3) is 2.15. The summed E-state index contributed by atoms with van der Waals surface area (Å²) in [4.78, 5) is 0. The van der Waals surface area contributed by atoms with Crippen molar-refractivity contribution in [2.24, 2.45) is 0 Å². The second kappa shape index (κ2) is 5.11. The Hall–Kier alpha value is 0.280. The number of rotatable bonds is 2. The van der Waals surface area contributed by atoms with Gasteiger partial charge in [-0.25, -0.2) is 0 Å². The normalized spacial score (nSPS) is 41.0. The maximum absolute atomic E-state index is 9.18. The van der Waals surface area contributed by atoms with Crippen molar-refractivity contribution in [3.63, 3.8) is 0 Å². The van der Waals surface area contributed by atoms with Gasteiger partial charge in [0.15, 0.2) is 0 Å². The molecule has 12 heavy (non-hydrogen) atoms. The summed E-state index contributed by atoms with van der Waals surface area (Å²) in [6.45, 7) is -0.483. The van der Waals surface area contributed by atoms with Crippen molar-refractivity contribution < 1.29 is 20.4 Å². The topological polar surface area (TPSA) is 93.0 Å². The quantitative estimate of drug-likeness (QED) is 0.374. The van der Waals surface area contributed by atoms with Crippen LogP contribution in [0, 0.1) is 0 Å². The summed E-state index contributed by atoms with van der Waals surface area (Å²) < 4.78 is 0. The van der Waals surface area contributed by atoms with Crippen molar-refractivity contribution in [2.45, 2.75) is 24.3 Å². The number of nitrogens with one attached hydrogen (secondary N) is 1. The second-order valence-corrected chi connectivity index (χ2v) is 2.73.